The second-order valence-corrected chi connectivity index (χ2v) is 5.43. The zero-order valence-electron chi connectivity index (χ0n) is 10.7. The molecule has 0 saturated heterocycles. The van der Waals surface area contributed by atoms with Crippen molar-refractivity contribution in [2.45, 2.75) is 52.4 Å². The summed E-state index contributed by atoms with van der Waals surface area (Å²) in [5, 5.41) is 0. The van der Waals surface area contributed by atoms with Crippen molar-refractivity contribution in [2.75, 3.05) is 0 Å². The van der Waals surface area contributed by atoms with Crippen molar-refractivity contribution in [3.63, 3.8) is 0 Å². The van der Waals surface area contributed by atoms with Gasteiger partial charge in [-0.25, -0.2) is 0 Å². The molecule has 0 bridgehead atoms. The third kappa shape index (κ3) is 2.87. The molecule has 16 heavy (non-hydrogen) atoms. The summed E-state index contributed by atoms with van der Waals surface area (Å²) in [4.78, 5) is 0. The minimum atomic E-state index is 0.961. The number of benzene rings is 1. The fraction of sp³-hybridized carbons (Fsp3) is 0.625. The van der Waals surface area contributed by atoms with E-state index in [1.807, 2.05) is 0 Å². The Morgan fingerprint density at radius 1 is 1.06 bits per heavy atom. The molecule has 0 heteroatoms. The topological polar surface area (TPSA) is 0 Å². The van der Waals surface area contributed by atoms with Gasteiger partial charge in [0.2, 0.25) is 0 Å². The summed E-state index contributed by atoms with van der Waals surface area (Å²) in [6.07, 6.45) is 8.50. The maximum Gasteiger partial charge on any atom is -0.0248 e. The van der Waals surface area contributed by atoms with Crippen molar-refractivity contribution in [3.8, 4) is 0 Å². The van der Waals surface area contributed by atoms with Gasteiger partial charge in [-0.2, -0.15) is 0 Å². The predicted octanol–water partition coefficient (Wildman–Crippen LogP) is 4.75. The average molecular weight is 216 g/mol. The van der Waals surface area contributed by atoms with E-state index in [2.05, 4.69) is 38.1 Å². The Morgan fingerprint density at radius 3 is 2.44 bits per heavy atom. The highest BCUT2D eigenvalue weighted by Crippen LogP contribution is 2.36. The molecule has 1 aliphatic carbocycles. The second kappa shape index (κ2) is 5.52. The van der Waals surface area contributed by atoms with Crippen LogP contribution in [-0.4, -0.2) is 0 Å². The summed E-state index contributed by atoms with van der Waals surface area (Å²) in [6.45, 7) is 4.49. The SMILES string of the molecule is CCCC1CCCC1Cc1ccc(C)cc1. The molecule has 0 amide bonds. The Bertz CT molecular complexity index is 309. The highest BCUT2D eigenvalue weighted by Gasteiger charge is 2.26. The van der Waals surface area contributed by atoms with Crippen LogP contribution in [0.25, 0.3) is 0 Å². The highest BCUT2D eigenvalue weighted by atomic mass is 14.3. The van der Waals surface area contributed by atoms with Gasteiger partial charge in [-0.15, -0.1) is 0 Å². The summed E-state index contributed by atoms with van der Waals surface area (Å²) < 4.78 is 0. The molecule has 2 atom stereocenters. The van der Waals surface area contributed by atoms with E-state index >= 15 is 0 Å². The van der Waals surface area contributed by atoms with Crippen LogP contribution in [0, 0.1) is 18.8 Å². The van der Waals surface area contributed by atoms with Gasteiger partial charge in [0.25, 0.3) is 0 Å². The molecule has 0 heterocycles. The van der Waals surface area contributed by atoms with E-state index in [0.717, 1.165) is 11.8 Å². The van der Waals surface area contributed by atoms with Crippen LogP contribution >= 0.6 is 0 Å². The van der Waals surface area contributed by atoms with Crippen LogP contribution in [-0.2, 0) is 6.42 Å². The minimum Gasteiger partial charge on any atom is -0.0654 e. The lowest BCUT2D eigenvalue weighted by molar-refractivity contribution is 0.359. The van der Waals surface area contributed by atoms with Gasteiger partial charge in [-0.05, 0) is 37.2 Å². The van der Waals surface area contributed by atoms with Gasteiger partial charge in [0.15, 0.2) is 0 Å². The lowest BCUT2D eigenvalue weighted by atomic mass is 9.87. The number of aryl methyl sites for hydroxylation is 1. The van der Waals surface area contributed by atoms with Crippen molar-refractivity contribution < 1.29 is 0 Å². The molecule has 1 aliphatic rings. The van der Waals surface area contributed by atoms with E-state index < -0.39 is 0 Å². The van der Waals surface area contributed by atoms with Gasteiger partial charge in [0.05, 0.1) is 0 Å². The molecule has 88 valence electrons. The number of hydrogen-bond acceptors (Lipinski definition) is 0. The second-order valence-electron chi connectivity index (χ2n) is 5.43. The lowest BCUT2D eigenvalue weighted by Gasteiger charge is -2.19. The molecular formula is C16H24. The number of hydrogen-bond donors (Lipinski definition) is 0. The molecule has 1 saturated carbocycles. The standard InChI is InChI=1S/C16H24/c1-3-5-15-6-4-7-16(15)12-14-10-8-13(2)9-11-14/h8-11,15-16H,3-7,12H2,1-2H3. The molecule has 0 N–H and O–H groups in total. The molecule has 2 rings (SSSR count). The monoisotopic (exact) mass is 216 g/mol. The highest BCUT2D eigenvalue weighted by molar-refractivity contribution is 5.21. The van der Waals surface area contributed by atoms with Gasteiger partial charge < -0.3 is 0 Å². The molecule has 0 radical (unpaired) electrons. The molecule has 0 nitrogen and oxygen atoms in total. The van der Waals surface area contributed by atoms with E-state index in [-0.39, 0.29) is 0 Å². The zero-order valence-corrected chi connectivity index (χ0v) is 10.7. The van der Waals surface area contributed by atoms with Gasteiger partial charge in [0.1, 0.15) is 0 Å². The van der Waals surface area contributed by atoms with Gasteiger partial charge in [0, 0.05) is 0 Å². The van der Waals surface area contributed by atoms with Crippen LogP contribution in [0.3, 0.4) is 0 Å². The summed E-state index contributed by atoms with van der Waals surface area (Å²) in [6, 6.07) is 9.13. The third-order valence-electron chi connectivity index (χ3n) is 4.09. The molecular weight excluding hydrogens is 192 g/mol. The van der Waals surface area contributed by atoms with Crippen molar-refractivity contribution in [1.82, 2.24) is 0 Å². The van der Waals surface area contributed by atoms with Crippen molar-refractivity contribution in [3.05, 3.63) is 35.4 Å². The molecule has 1 aromatic rings. The minimum absolute atomic E-state index is 0.961. The maximum absolute atomic E-state index is 2.32. The normalized spacial score (nSPS) is 24.9. The maximum atomic E-state index is 2.32. The Hall–Kier alpha value is -0.780. The Kier molecular flexibility index (Phi) is 4.04. The summed E-state index contributed by atoms with van der Waals surface area (Å²) >= 11 is 0. The quantitative estimate of drug-likeness (QED) is 0.681. The Morgan fingerprint density at radius 2 is 1.75 bits per heavy atom. The first-order valence-electron chi connectivity index (χ1n) is 6.85. The molecule has 0 aromatic heterocycles. The predicted molar refractivity (Wildman–Crippen MR) is 70.6 cm³/mol. The van der Waals surface area contributed by atoms with Gasteiger partial charge in [-0.3, -0.25) is 0 Å². The van der Waals surface area contributed by atoms with E-state index in [9.17, 15) is 0 Å². The average Bonchev–Trinajstić information content (AvgIpc) is 2.70. The summed E-state index contributed by atoms with van der Waals surface area (Å²) in [7, 11) is 0. The van der Waals surface area contributed by atoms with Crippen LogP contribution in [0.4, 0.5) is 0 Å². The van der Waals surface area contributed by atoms with Crippen LogP contribution in [0.15, 0.2) is 24.3 Å². The molecule has 0 aliphatic heterocycles. The molecule has 1 fully saturated rings. The number of rotatable bonds is 4. The fourth-order valence-corrected chi connectivity index (χ4v) is 3.16. The summed E-state index contributed by atoms with van der Waals surface area (Å²) in [5.41, 5.74) is 2.92. The molecule has 2 unspecified atom stereocenters. The van der Waals surface area contributed by atoms with Crippen LogP contribution in [0.5, 0.6) is 0 Å². The zero-order chi connectivity index (χ0) is 11.4. The van der Waals surface area contributed by atoms with Crippen molar-refractivity contribution >= 4 is 0 Å². The Balaban J connectivity index is 1.95. The first kappa shape index (κ1) is 11.7. The van der Waals surface area contributed by atoms with E-state index in [1.54, 1.807) is 5.56 Å². The molecule has 0 spiro atoms. The van der Waals surface area contributed by atoms with E-state index in [1.165, 1.54) is 44.1 Å². The van der Waals surface area contributed by atoms with Crippen LogP contribution in [0.1, 0.15) is 50.2 Å². The van der Waals surface area contributed by atoms with Crippen LogP contribution in [0.2, 0.25) is 0 Å². The van der Waals surface area contributed by atoms with E-state index in [4.69, 9.17) is 0 Å². The van der Waals surface area contributed by atoms with Gasteiger partial charge >= 0.3 is 0 Å². The smallest absolute Gasteiger partial charge is 0.0248 e. The van der Waals surface area contributed by atoms with Crippen molar-refractivity contribution in [2.24, 2.45) is 11.8 Å². The van der Waals surface area contributed by atoms with Gasteiger partial charge in [-0.1, -0.05) is 62.4 Å². The largest absolute Gasteiger partial charge is 0.0654 e. The van der Waals surface area contributed by atoms with Crippen molar-refractivity contribution in [1.29, 1.82) is 0 Å². The first-order chi connectivity index (χ1) is 7.79. The fourth-order valence-electron chi connectivity index (χ4n) is 3.16. The Labute approximate surface area is 100 Å². The lowest BCUT2D eigenvalue weighted by Crippen LogP contribution is -2.10. The van der Waals surface area contributed by atoms with E-state index in [0.29, 0.717) is 0 Å². The first-order valence-corrected chi connectivity index (χ1v) is 6.85. The molecule has 1 aromatic carbocycles. The summed E-state index contributed by atoms with van der Waals surface area (Å²) in [5.74, 6) is 1.97. The third-order valence-corrected chi connectivity index (χ3v) is 4.09. The van der Waals surface area contributed by atoms with Crippen LogP contribution < -0.4 is 0 Å².